The number of nitrogens with zero attached hydrogens (tertiary/aromatic N) is 4. The molecule has 120 valence electrons. The molecule has 0 aliphatic carbocycles. The van der Waals surface area contributed by atoms with Crippen LogP contribution in [0.3, 0.4) is 0 Å². The van der Waals surface area contributed by atoms with Crippen molar-refractivity contribution in [3.05, 3.63) is 39.7 Å². The fourth-order valence-electron chi connectivity index (χ4n) is 3.52. The minimum atomic E-state index is -0.311. The fraction of sp³-hybridized carbons (Fsp3) is 0.353. The van der Waals surface area contributed by atoms with E-state index in [4.69, 9.17) is 4.74 Å². The number of thiophene rings is 1. The number of hydrogen-bond donors (Lipinski definition) is 1. The predicted octanol–water partition coefficient (Wildman–Crippen LogP) is 3.02. The molecule has 0 aromatic carbocycles. The van der Waals surface area contributed by atoms with E-state index < -0.39 is 0 Å². The van der Waals surface area contributed by atoms with Gasteiger partial charge in [0.2, 0.25) is 0 Å². The molecule has 1 unspecified atom stereocenters. The van der Waals surface area contributed by atoms with Crippen LogP contribution in [0.1, 0.15) is 24.1 Å². The summed E-state index contributed by atoms with van der Waals surface area (Å²) >= 11 is 1.58. The Hall–Kier alpha value is -2.61. The van der Waals surface area contributed by atoms with Crippen molar-refractivity contribution in [2.45, 2.75) is 19.3 Å². The number of allylic oxidation sites excluding steroid dienone is 3. The number of ether oxygens (including phenoxy) is 1. The van der Waals surface area contributed by atoms with Crippen LogP contribution < -0.4 is 0 Å². The predicted molar refractivity (Wildman–Crippen MR) is 89.8 cm³/mol. The molecule has 2 aromatic heterocycles. The smallest absolute Gasteiger partial charge is 0.0977 e. The molecular weight excluding hydrogens is 322 g/mol. The summed E-state index contributed by atoms with van der Waals surface area (Å²) in [6, 6.07) is 6.73. The van der Waals surface area contributed by atoms with Gasteiger partial charge in [0.1, 0.15) is 0 Å². The Morgan fingerprint density at radius 2 is 2.25 bits per heavy atom. The summed E-state index contributed by atoms with van der Waals surface area (Å²) in [5.74, 6) is -0.311. The molecule has 2 aliphatic heterocycles. The average Bonchev–Trinajstić information content (AvgIpc) is 3.21. The number of nitriles is 2. The molecule has 0 saturated carbocycles. The van der Waals surface area contributed by atoms with Crippen molar-refractivity contribution in [1.29, 1.82) is 10.5 Å². The molecule has 4 heterocycles. The van der Waals surface area contributed by atoms with E-state index in [2.05, 4.69) is 34.2 Å². The second-order valence-electron chi connectivity index (χ2n) is 5.73. The Morgan fingerprint density at radius 1 is 1.42 bits per heavy atom. The highest BCUT2D eigenvalue weighted by atomic mass is 32.1. The molecule has 0 radical (unpaired) electrons. The summed E-state index contributed by atoms with van der Waals surface area (Å²) < 4.78 is 6.62. The third-order valence-electron chi connectivity index (χ3n) is 4.56. The van der Waals surface area contributed by atoms with Gasteiger partial charge in [0.05, 0.1) is 64.5 Å². The Labute approximate surface area is 143 Å². The third-order valence-corrected chi connectivity index (χ3v) is 5.69. The maximum atomic E-state index is 9.84. The molecule has 0 spiro atoms. The number of aromatic amines is 1. The molecule has 24 heavy (non-hydrogen) atoms. The summed E-state index contributed by atoms with van der Waals surface area (Å²) in [6.45, 7) is 3.78. The largest absolute Gasteiger partial charge is 0.373 e. The van der Waals surface area contributed by atoms with Crippen LogP contribution in [0.4, 0.5) is 0 Å². The molecule has 0 amide bonds. The van der Waals surface area contributed by atoms with E-state index in [0.29, 0.717) is 30.9 Å². The monoisotopic (exact) mass is 337 g/mol. The van der Waals surface area contributed by atoms with Crippen LogP contribution in [0.15, 0.2) is 34.8 Å². The van der Waals surface area contributed by atoms with Crippen LogP contribution in [0, 0.1) is 22.7 Å². The van der Waals surface area contributed by atoms with Crippen molar-refractivity contribution >= 4 is 21.6 Å². The topological polar surface area (TPSA) is 88.7 Å². The van der Waals surface area contributed by atoms with Crippen molar-refractivity contribution in [3.63, 3.8) is 0 Å². The van der Waals surface area contributed by atoms with E-state index in [0.717, 1.165) is 32.9 Å². The van der Waals surface area contributed by atoms with Gasteiger partial charge in [0.15, 0.2) is 0 Å². The fourth-order valence-corrected chi connectivity index (χ4v) is 4.62. The highest BCUT2D eigenvalue weighted by Crippen LogP contribution is 2.45. The number of morpholine rings is 1. The van der Waals surface area contributed by atoms with Crippen molar-refractivity contribution in [1.82, 2.24) is 15.1 Å². The Bertz CT molecular complexity index is 891. The van der Waals surface area contributed by atoms with Crippen LogP contribution in [0.25, 0.3) is 10.2 Å². The summed E-state index contributed by atoms with van der Waals surface area (Å²) in [5.41, 5.74) is 4.15. The van der Waals surface area contributed by atoms with Gasteiger partial charge in [-0.05, 0) is 12.5 Å². The quantitative estimate of drug-likeness (QED) is 0.910. The van der Waals surface area contributed by atoms with E-state index >= 15 is 0 Å². The second-order valence-corrected chi connectivity index (χ2v) is 6.85. The van der Waals surface area contributed by atoms with Crippen LogP contribution in [0.5, 0.6) is 0 Å². The number of rotatable bonds is 2. The zero-order chi connectivity index (χ0) is 16.7. The SMILES string of the molecule is CCC1=C(C#N)C(c2cc3[nH]ncc3s2)C(C#N)=C2COCCN12. The van der Waals surface area contributed by atoms with E-state index in [1.54, 1.807) is 17.5 Å². The molecule has 7 heteroatoms. The van der Waals surface area contributed by atoms with Crippen molar-refractivity contribution in [2.75, 3.05) is 19.8 Å². The van der Waals surface area contributed by atoms with Crippen LogP contribution in [0.2, 0.25) is 0 Å². The number of fused-ring (bicyclic) bond motifs is 2. The Balaban J connectivity index is 1.94. The van der Waals surface area contributed by atoms with Crippen LogP contribution in [-0.4, -0.2) is 34.9 Å². The lowest BCUT2D eigenvalue weighted by molar-refractivity contribution is 0.0823. The van der Waals surface area contributed by atoms with Crippen molar-refractivity contribution < 1.29 is 4.74 Å². The van der Waals surface area contributed by atoms with Crippen LogP contribution >= 0.6 is 11.3 Å². The first-order valence-electron chi connectivity index (χ1n) is 7.82. The third kappa shape index (κ3) is 2.06. The number of hydrogen-bond acceptors (Lipinski definition) is 6. The van der Waals surface area contributed by atoms with Gasteiger partial charge in [-0.25, -0.2) is 0 Å². The molecule has 4 rings (SSSR count). The van der Waals surface area contributed by atoms with Gasteiger partial charge in [0.25, 0.3) is 0 Å². The van der Waals surface area contributed by atoms with Crippen molar-refractivity contribution in [3.8, 4) is 12.1 Å². The van der Waals surface area contributed by atoms with Gasteiger partial charge in [-0.1, -0.05) is 6.92 Å². The number of aromatic nitrogens is 2. The van der Waals surface area contributed by atoms with Gasteiger partial charge in [-0.2, -0.15) is 15.6 Å². The summed E-state index contributed by atoms with van der Waals surface area (Å²) in [5, 5.41) is 26.6. The Morgan fingerprint density at radius 3 is 2.96 bits per heavy atom. The van der Waals surface area contributed by atoms with Gasteiger partial charge in [0, 0.05) is 17.1 Å². The number of H-pyrrole nitrogens is 1. The first-order valence-corrected chi connectivity index (χ1v) is 8.64. The lowest BCUT2D eigenvalue weighted by atomic mass is 9.83. The number of nitrogens with one attached hydrogen (secondary N) is 1. The molecular formula is C17H15N5OS. The standard InChI is InChI=1S/C17H15N5OS/c1-2-13-10(6-18)17(15-5-12-16(24-15)8-20-21-12)11(7-19)14-9-23-4-3-22(13)14/h5,8,17H,2-4,9H2,1H3,(H,20,21). The van der Waals surface area contributed by atoms with Gasteiger partial charge in [-0.3, -0.25) is 5.10 Å². The molecule has 2 aliphatic rings. The normalized spacial score (nSPS) is 21.0. The molecule has 0 bridgehead atoms. The molecule has 2 aromatic rings. The summed E-state index contributed by atoms with van der Waals surface area (Å²) in [6.07, 6.45) is 2.53. The Kier molecular flexibility index (Phi) is 3.61. The van der Waals surface area contributed by atoms with Gasteiger partial charge < -0.3 is 9.64 Å². The molecule has 1 fully saturated rings. The highest BCUT2D eigenvalue weighted by molar-refractivity contribution is 7.19. The summed E-state index contributed by atoms with van der Waals surface area (Å²) in [7, 11) is 0. The first-order chi connectivity index (χ1) is 11.8. The van der Waals surface area contributed by atoms with E-state index in [1.165, 1.54) is 0 Å². The molecule has 1 atom stereocenters. The average molecular weight is 337 g/mol. The second kappa shape index (κ2) is 5.79. The highest BCUT2D eigenvalue weighted by Gasteiger charge is 2.37. The minimum absolute atomic E-state index is 0.311. The van der Waals surface area contributed by atoms with Crippen LogP contribution in [-0.2, 0) is 4.74 Å². The zero-order valence-corrected chi connectivity index (χ0v) is 14.0. The molecule has 6 nitrogen and oxygen atoms in total. The lowest BCUT2D eigenvalue weighted by Crippen LogP contribution is -2.39. The van der Waals surface area contributed by atoms with Gasteiger partial charge in [-0.15, -0.1) is 11.3 Å². The molecule has 1 N–H and O–H groups in total. The molecule has 1 saturated heterocycles. The maximum Gasteiger partial charge on any atom is 0.0977 e. The first kappa shape index (κ1) is 14.9. The maximum absolute atomic E-state index is 9.84. The zero-order valence-electron chi connectivity index (χ0n) is 13.2. The lowest BCUT2D eigenvalue weighted by Gasteiger charge is -2.40. The van der Waals surface area contributed by atoms with Gasteiger partial charge >= 0.3 is 0 Å². The van der Waals surface area contributed by atoms with Crippen molar-refractivity contribution in [2.24, 2.45) is 0 Å². The van der Waals surface area contributed by atoms with E-state index in [-0.39, 0.29) is 5.92 Å². The van der Waals surface area contributed by atoms with E-state index in [1.807, 2.05) is 6.07 Å². The minimum Gasteiger partial charge on any atom is -0.373 e. The summed E-state index contributed by atoms with van der Waals surface area (Å²) in [4.78, 5) is 3.10. The van der Waals surface area contributed by atoms with E-state index in [9.17, 15) is 10.5 Å².